The summed E-state index contributed by atoms with van der Waals surface area (Å²) in [5.74, 6) is 2.45. The summed E-state index contributed by atoms with van der Waals surface area (Å²) in [6.45, 7) is 4.53. The Bertz CT molecular complexity index is 873. The molecule has 1 aromatic heterocycles. The fraction of sp³-hybridized carbons (Fsp3) is 0.286. The molecule has 28 heavy (non-hydrogen) atoms. The van der Waals surface area contributed by atoms with Gasteiger partial charge in [0.2, 0.25) is 0 Å². The maximum Gasteiger partial charge on any atom is 0.191 e. The summed E-state index contributed by atoms with van der Waals surface area (Å²) in [5, 5.41) is 10.6. The van der Waals surface area contributed by atoms with Crippen LogP contribution in [-0.2, 0) is 26.7 Å². The Morgan fingerprint density at radius 1 is 1.04 bits per heavy atom. The summed E-state index contributed by atoms with van der Waals surface area (Å²) >= 11 is 0. The van der Waals surface area contributed by atoms with Crippen LogP contribution >= 0.6 is 0 Å². The van der Waals surface area contributed by atoms with Crippen LogP contribution in [0.4, 0.5) is 0 Å². The summed E-state index contributed by atoms with van der Waals surface area (Å²) in [4.78, 5) is 8.84. The van der Waals surface area contributed by atoms with Gasteiger partial charge in [0.05, 0.1) is 13.1 Å². The first kappa shape index (κ1) is 19.4. The smallest absolute Gasteiger partial charge is 0.191 e. The van der Waals surface area contributed by atoms with E-state index in [-0.39, 0.29) is 0 Å². The van der Waals surface area contributed by atoms with Crippen LogP contribution < -0.4 is 15.4 Å². The van der Waals surface area contributed by atoms with Crippen molar-refractivity contribution < 1.29 is 4.74 Å². The van der Waals surface area contributed by atoms with Crippen LogP contribution in [0.5, 0.6) is 5.75 Å². The zero-order valence-corrected chi connectivity index (χ0v) is 16.3. The van der Waals surface area contributed by atoms with Crippen LogP contribution in [0.25, 0.3) is 0 Å². The van der Waals surface area contributed by atoms with Crippen LogP contribution in [0.2, 0.25) is 0 Å². The van der Waals surface area contributed by atoms with E-state index in [0.717, 1.165) is 35.2 Å². The molecule has 146 valence electrons. The zero-order chi connectivity index (χ0) is 19.6. The van der Waals surface area contributed by atoms with E-state index < -0.39 is 0 Å². The van der Waals surface area contributed by atoms with Crippen molar-refractivity contribution in [3.8, 4) is 5.75 Å². The van der Waals surface area contributed by atoms with Gasteiger partial charge in [0.1, 0.15) is 24.5 Å². The van der Waals surface area contributed by atoms with E-state index in [0.29, 0.717) is 19.7 Å². The van der Waals surface area contributed by atoms with Crippen LogP contribution in [0.3, 0.4) is 0 Å². The average Bonchev–Trinajstić information content (AvgIpc) is 3.15. The van der Waals surface area contributed by atoms with E-state index >= 15 is 0 Å². The molecule has 2 aromatic carbocycles. The van der Waals surface area contributed by atoms with Crippen molar-refractivity contribution in [1.29, 1.82) is 0 Å². The van der Waals surface area contributed by atoms with E-state index in [9.17, 15) is 0 Å². The first-order valence-electron chi connectivity index (χ1n) is 9.35. The van der Waals surface area contributed by atoms with Crippen molar-refractivity contribution in [1.82, 2.24) is 25.4 Å². The van der Waals surface area contributed by atoms with Gasteiger partial charge in [-0.3, -0.25) is 4.68 Å². The van der Waals surface area contributed by atoms with Gasteiger partial charge in [-0.1, -0.05) is 42.5 Å². The second kappa shape index (κ2) is 10.1. The van der Waals surface area contributed by atoms with Crippen LogP contribution in [0.15, 0.2) is 65.9 Å². The molecule has 0 unspecified atom stereocenters. The molecule has 0 spiro atoms. The molecule has 7 heteroatoms. The maximum absolute atomic E-state index is 5.83. The largest absolute Gasteiger partial charge is 0.489 e. The van der Waals surface area contributed by atoms with E-state index in [1.54, 1.807) is 11.0 Å². The number of nitrogens with zero attached hydrogens (tertiary/aromatic N) is 4. The number of benzene rings is 2. The van der Waals surface area contributed by atoms with Crippen molar-refractivity contribution in [2.45, 2.75) is 26.6 Å². The molecule has 0 saturated heterocycles. The molecule has 3 rings (SSSR count). The molecule has 1 heterocycles. The normalized spacial score (nSPS) is 11.3. The van der Waals surface area contributed by atoms with Crippen molar-refractivity contribution >= 4 is 5.96 Å². The van der Waals surface area contributed by atoms with Crippen LogP contribution in [-0.4, -0.2) is 27.3 Å². The zero-order valence-electron chi connectivity index (χ0n) is 16.3. The second-order valence-corrected chi connectivity index (χ2v) is 6.27. The first-order valence-corrected chi connectivity index (χ1v) is 9.35. The number of aliphatic imine (C=N–C) groups is 1. The van der Waals surface area contributed by atoms with Gasteiger partial charge in [-0.25, -0.2) is 9.98 Å². The Morgan fingerprint density at radius 2 is 1.82 bits per heavy atom. The molecule has 0 atom stereocenters. The summed E-state index contributed by atoms with van der Waals surface area (Å²) < 4.78 is 7.57. The Kier molecular flexibility index (Phi) is 7.01. The third-order valence-corrected chi connectivity index (χ3v) is 4.15. The van der Waals surface area contributed by atoms with Gasteiger partial charge in [-0.2, -0.15) is 5.10 Å². The number of rotatable bonds is 8. The Morgan fingerprint density at radius 3 is 2.50 bits per heavy atom. The highest BCUT2D eigenvalue weighted by atomic mass is 16.5. The monoisotopic (exact) mass is 378 g/mol. The first-order chi connectivity index (χ1) is 13.7. The minimum atomic E-state index is 0.564. The molecule has 0 aliphatic carbocycles. The SMILES string of the molecule is CCNC(=NCc1ccc(OCc2ccccc2)cc1)NCc1ncnn1C. The number of aromatic nitrogens is 3. The van der Waals surface area contributed by atoms with Gasteiger partial charge in [-0.05, 0) is 30.2 Å². The quantitative estimate of drug-likeness (QED) is 0.466. The highest BCUT2D eigenvalue weighted by Crippen LogP contribution is 2.14. The molecule has 0 bridgehead atoms. The van der Waals surface area contributed by atoms with Crippen molar-refractivity contribution in [3.63, 3.8) is 0 Å². The lowest BCUT2D eigenvalue weighted by molar-refractivity contribution is 0.306. The van der Waals surface area contributed by atoms with E-state index in [1.807, 2.05) is 56.4 Å². The van der Waals surface area contributed by atoms with Gasteiger partial charge in [-0.15, -0.1) is 0 Å². The number of guanidine groups is 1. The second-order valence-electron chi connectivity index (χ2n) is 6.27. The minimum absolute atomic E-state index is 0.564. The van der Waals surface area contributed by atoms with Crippen molar-refractivity contribution in [3.05, 3.63) is 77.9 Å². The van der Waals surface area contributed by atoms with Gasteiger partial charge in [0, 0.05) is 13.6 Å². The third-order valence-electron chi connectivity index (χ3n) is 4.15. The molecular weight excluding hydrogens is 352 g/mol. The highest BCUT2D eigenvalue weighted by molar-refractivity contribution is 5.79. The Labute approximate surface area is 165 Å². The van der Waals surface area contributed by atoms with Crippen molar-refractivity contribution in [2.24, 2.45) is 12.0 Å². The summed E-state index contributed by atoms with van der Waals surface area (Å²) in [7, 11) is 1.87. The molecule has 0 aliphatic heterocycles. The predicted octanol–water partition coefficient (Wildman–Crippen LogP) is 2.65. The number of nitrogens with one attached hydrogen (secondary N) is 2. The third kappa shape index (κ3) is 5.84. The molecular formula is C21H26N6O. The Hall–Kier alpha value is -3.35. The van der Waals surface area contributed by atoms with Crippen molar-refractivity contribution in [2.75, 3.05) is 6.54 Å². The molecule has 2 N–H and O–H groups in total. The predicted molar refractivity (Wildman–Crippen MR) is 110 cm³/mol. The molecule has 3 aromatic rings. The number of ether oxygens (including phenoxy) is 1. The summed E-state index contributed by atoms with van der Waals surface area (Å²) in [5.41, 5.74) is 2.27. The maximum atomic E-state index is 5.83. The van der Waals surface area contributed by atoms with Gasteiger partial charge in [0.15, 0.2) is 5.96 Å². The number of aryl methyl sites for hydroxylation is 1. The Balaban J connectivity index is 1.52. The van der Waals surface area contributed by atoms with E-state index in [4.69, 9.17) is 4.74 Å². The van der Waals surface area contributed by atoms with Gasteiger partial charge in [0.25, 0.3) is 0 Å². The van der Waals surface area contributed by atoms with E-state index in [1.165, 1.54) is 0 Å². The lowest BCUT2D eigenvalue weighted by Gasteiger charge is -2.11. The molecule has 0 fully saturated rings. The standard InChI is InChI=1S/C21H26N6O/c1-3-22-21(24-14-20-25-16-26-27(20)2)23-13-17-9-11-19(12-10-17)28-15-18-7-5-4-6-8-18/h4-12,16H,3,13-15H2,1-2H3,(H2,22,23,24). The highest BCUT2D eigenvalue weighted by Gasteiger charge is 2.03. The molecule has 0 aliphatic rings. The lowest BCUT2D eigenvalue weighted by atomic mass is 10.2. The fourth-order valence-corrected chi connectivity index (χ4v) is 2.59. The molecule has 0 radical (unpaired) electrons. The minimum Gasteiger partial charge on any atom is -0.489 e. The average molecular weight is 378 g/mol. The van der Waals surface area contributed by atoms with Gasteiger partial charge >= 0.3 is 0 Å². The summed E-state index contributed by atoms with van der Waals surface area (Å²) in [6, 6.07) is 18.2. The number of hydrogen-bond donors (Lipinski definition) is 2. The van der Waals surface area contributed by atoms with Gasteiger partial charge < -0.3 is 15.4 Å². The van der Waals surface area contributed by atoms with Crippen LogP contribution in [0.1, 0.15) is 23.9 Å². The fourth-order valence-electron chi connectivity index (χ4n) is 2.59. The lowest BCUT2D eigenvalue weighted by Crippen LogP contribution is -2.37. The molecule has 7 nitrogen and oxygen atoms in total. The summed E-state index contributed by atoms with van der Waals surface area (Å²) in [6.07, 6.45) is 1.54. The number of hydrogen-bond acceptors (Lipinski definition) is 4. The topological polar surface area (TPSA) is 76.4 Å². The van der Waals surface area contributed by atoms with E-state index in [2.05, 4.69) is 37.8 Å². The molecule has 0 saturated carbocycles. The molecule has 0 amide bonds. The van der Waals surface area contributed by atoms with Crippen LogP contribution in [0, 0.1) is 0 Å².